The predicted molar refractivity (Wildman–Crippen MR) is 62.8 cm³/mol. The van der Waals surface area contributed by atoms with Gasteiger partial charge in [-0.25, -0.2) is 4.98 Å². The number of aryl methyl sites for hydroxylation is 1. The Morgan fingerprint density at radius 3 is 2.80 bits per heavy atom. The van der Waals surface area contributed by atoms with Crippen molar-refractivity contribution in [2.45, 2.75) is 32.2 Å². The van der Waals surface area contributed by atoms with Crippen molar-refractivity contribution in [3.05, 3.63) is 23.9 Å². The smallest absolute Gasteiger partial charge is 0.126 e. The molecule has 3 nitrogen and oxygen atoms in total. The maximum atomic E-state index is 5.84. The lowest BCUT2D eigenvalue weighted by molar-refractivity contribution is 0.458. The summed E-state index contributed by atoms with van der Waals surface area (Å²) in [4.78, 5) is 4.45. The molecule has 1 heterocycles. The zero-order chi connectivity index (χ0) is 10.9. The van der Waals surface area contributed by atoms with Gasteiger partial charge in [0.2, 0.25) is 0 Å². The first-order valence-corrected chi connectivity index (χ1v) is 5.56. The van der Waals surface area contributed by atoms with Gasteiger partial charge in [-0.1, -0.05) is 6.07 Å². The summed E-state index contributed by atoms with van der Waals surface area (Å²) in [6, 6.07) is 6.03. The van der Waals surface area contributed by atoms with Gasteiger partial charge in [-0.3, -0.25) is 0 Å². The Morgan fingerprint density at radius 2 is 2.27 bits per heavy atom. The molecule has 82 valence electrons. The topological polar surface area (TPSA) is 50.9 Å². The second kappa shape index (κ2) is 3.81. The molecular weight excluding hydrogens is 186 g/mol. The molecule has 1 saturated carbocycles. The first kappa shape index (κ1) is 10.4. The molecule has 15 heavy (non-hydrogen) atoms. The first-order chi connectivity index (χ1) is 7.14. The molecule has 3 N–H and O–H groups in total. The summed E-state index contributed by atoms with van der Waals surface area (Å²) in [5.41, 5.74) is 6.90. The highest BCUT2D eigenvalue weighted by molar-refractivity contribution is 5.39. The summed E-state index contributed by atoms with van der Waals surface area (Å²) < 4.78 is 0. The van der Waals surface area contributed by atoms with Crippen molar-refractivity contribution in [3.8, 4) is 0 Å². The number of rotatable bonds is 4. The van der Waals surface area contributed by atoms with E-state index in [-0.39, 0.29) is 5.54 Å². The van der Waals surface area contributed by atoms with Gasteiger partial charge in [-0.05, 0) is 44.7 Å². The summed E-state index contributed by atoms with van der Waals surface area (Å²) >= 11 is 0. The molecule has 1 unspecified atom stereocenters. The number of hydrogen-bond acceptors (Lipinski definition) is 3. The van der Waals surface area contributed by atoms with Gasteiger partial charge in [-0.2, -0.15) is 0 Å². The second-order valence-electron chi connectivity index (χ2n) is 4.69. The number of nitrogens with one attached hydrogen (secondary N) is 1. The van der Waals surface area contributed by atoms with E-state index in [0.717, 1.165) is 11.5 Å². The van der Waals surface area contributed by atoms with Gasteiger partial charge in [-0.15, -0.1) is 0 Å². The highest BCUT2D eigenvalue weighted by atomic mass is 15.1. The Balaban J connectivity index is 2.12. The van der Waals surface area contributed by atoms with E-state index in [1.165, 1.54) is 12.8 Å². The zero-order valence-corrected chi connectivity index (χ0v) is 9.46. The van der Waals surface area contributed by atoms with Crippen molar-refractivity contribution < 1.29 is 0 Å². The minimum atomic E-state index is 0.0147. The molecule has 1 aliphatic carbocycles. The third kappa shape index (κ3) is 2.29. The standard InChI is InChI=1S/C12H19N3/c1-9-4-3-5-11(14-9)15-12(2,8-13)10-6-7-10/h3-5,10H,6-8,13H2,1-2H3,(H,14,15). The van der Waals surface area contributed by atoms with Crippen molar-refractivity contribution in [1.82, 2.24) is 4.98 Å². The van der Waals surface area contributed by atoms with Crippen LogP contribution in [0.2, 0.25) is 0 Å². The highest BCUT2D eigenvalue weighted by Crippen LogP contribution is 2.40. The minimum absolute atomic E-state index is 0.0147. The fraction of sp³-hybridized carbons (Fsp3) is 0.583. The molecule has 0 aromatic carbocycles. The minimum Gasteiger partial charge on any atom is -0.363 e. The van der Waals surface area contributed by atoms with Crippen molar-refractivity contribution >= 4 is 5.82 Å². The van der Waals surface area contributed by atoms with Crippen molar-refractivity contribution in [3.63, 3.8) is 0 Å². The lowest BCUT2D eigenvalue weighted by atomic mass is 9.96. The molecule has 0 amide bonds. The summed E-state index contributed by atoms with van der Waals surface area (Å²) in [6.07, 6.45) is 2.57. The summed E-state index contributed by atoms with van der Waals surface area (Å²) in [5.74, 6) is 1.65. The van der Waals surface area contributed by atoms with Gasteiger partial charge in [0.15, 0.2) is 0 Å². The van der Waals surface area contributed by atoms with Crippen molar-refractivity contribution in [2.24, 2.45) is 11.7 Å². The molecular formula is C12H19N3. The molecule has 0 spiro atoms. The van der Waals surface area contributed by atoms with Gasteiger partial charge in [0, 0.05) is 12.2 Å². The summed E-state index contributed by atoms with van der Waals surface area (Å²) in [6.45, 7) is 4.85. The van der Waals surface area contributed by atoms with Crippen LogP contribution in [0.5, 0.6) is 0 Å². The monoisotopic (exact) mass is 205 g/mol. The fourth-order valence-corrected chi connectivity index (χ4v) is 1.95. The Labute approximate surface area is 91.1 Å². The number of hydrogen-bond donors (Lipinski definition) is 2. The van der Waals surface area contributed by atoms with Gasteiger partial charge in [0.25, 0.3) is 0 Å². The van der Waals surface area contributed by atoms with E-state index in [2.05, 4.69) is 17.2 Å². The Morgan fingerprint density at radius 1 is 1.53 bits per heavy atom. The average Bonchev–Trinajstić information content (AvgIpc) is 3.01. The fourth-order valence-electron chi connectivity index (χ4n) is 1.95. The number of pyridine rings is 1. The zero-order valence-electron chi connectivity index (χ0n) is 9.46. The Kier molecular flexibility index (Phi) is 2.65. The van der Waals surface area contributed by atoms with Crippen LogP contribution >= 0.6 is 0 Å². The van der Waals surface area contributed by atoms with Gasteiger partial charge < -0.3 is 11.1 Å². The van der Waals surface area contributed by atoms with Gasteiger partial charge in [0.05, 0.1) is 5.54 Å². The molecule has 3 heteroatoms. The molecule has 1 aromatic rings. The molecule has 0 radical (unpaired) electrons. The normalized spacial score (nSPS) is 19.7. The number of nitrogens with two attached hydrogens (primary N) is 1. The van der Waals surface area contributed by atoms with Crippen LogP contribution in [0, 0.1) is 12.8 Å². The second-order valence-corrected chi connectivity index (χ2v) is 4.69. The quantitative estimate of drug-likeness (QED) is 0.789. The molecule has 1 fully saturated rings. The van der Waals surface area contributed by atoms with E-state index in [1.807, 2.05) is 25.1 Å². The van der Waals surface area contributed by atoms with Crippen LogP contribution in [0.1, 0.15) is 25.5 Å². The van der Waals surface area contributed by atoms with E-state index < -0.39 is 0 Å². The van der Waals surface area contributed by atoms with Crippen LogP contribution in [0.15, 0.2) is 18.2 Å². The number of anilines is 1. The van der Waals surface area contributed by atoms with Crippen LogP contribution in [0.4, 0.5) is 5.82 Å². The van der Waals surface area contributed by atoms with Crippen molar-refractivity contribution in [1.29, 1.82) is 0 Å². The first-order valence-electron chi connectivity index (χ1n) is 5.56. The Bertz CT molecular complexity index is 346. The van der Waals surface area contributed by atoms with E-state index >= 15 is 0 Å². The molecule has 0 saturated heterocycles. The molecule has 0 aliphatic heterocycles. The number of aromatic nitrogens is 1. The lowest BCUT2D eigenvalue weighted by Crippen LogP contribution is -2.44. The van der Waals surface area contributed by atoms with E-state index in [4.69, 9.17) is 5.73 Å². The Hall–Kier alpha value is -1.09. The maximum absolute atomic E-state index is 5.84. The third-order valence-corrected chi connectivity index (χ3v) is 3.20. The largest absolute Gasteiger partial charge is 0.363 e. The summed E-state index contributed by atoms with van der Waals surface area (Å²) in [5, 5.41) is 3.47. The van der Waals surface area contributed by atoms with Crippen LogP contribution in [0.25, 0.3) is 0 Å². The highest BCUT2D eigenvalue weighted by Gasteiger charge is 2.40. The lowest BCUT2D eigenvalue weighted by Gasteiger charge is -2.30. The maximum Gasteiger partial charge on any atom is 0.126 e. The van der Waals surface area contributed by atoms with Crippen molar-refractivity contribution in [2.75, 3.05) is 11.9 Å². The van der Waals surface area contributed by atoms with Crippen LogP contribution in [-0.2, 0) is 0 Å². The van der Waals surface area contributed by atoms with Gasteiger partial charge >= 0.3 is 0 Å². The molecule has 0 bridgehead atoms. The van der Waals surface area contributed by atoms with Crippen LogP contribution in [-0.4, -0.2) is 17.1 Å². The average molecular weight is 205 g/mol. The van der Waals surface area contributed by atoms with E-state index in [0.29, 0.717) is 12.5 Å². The predicted octanol–water partition coefficient (Wildman–Crippen LogP) is 1.93. The van der Waals surface area contributed by atoms with Crippen LogP contribution in [0.3, 0.4) is 0 Å². The van der Waals surface area contributed by atoms with E-state index in [9.17, 15) is 0 Å². The SMILES string of the molecule is Cc1cccc(NC(C)(CN)C2CC2)n1. The summed E-state index contributed by atoms with van der Waals surface area (Å²) in [7, 11) is 0. The third-order valence-electron chi connectivity index (χ3n) is 3.20. The van der Waals surface area contributed by atoms with Crippen LogP contribution < -0.4 is 11.1 Å². The number of nitrogens with zero attached hydrogens (tertiary/aromatic N) is 1. The molecule has 2 rings (SSSR count). The molecule has 1 aromatic heterocycles. The van der Waals surface area contributed by atoms with E-state index in [1.54, 1.807) is 0 Å². The molecule has 1 aliphatic rings. The van der Waals surface area contributed by atoms with Gasteiger partial charge in [0.1, 0.15) is 5.82 Å². The molecule has 1 atom stereocenters.